The number of nitrogens with zero attached hydrogens (tertiary/aromatic N) is 4. The molecule has 0 saturated heterocycles. The SMILES string of the molecule is Cc1cc([N+](=O)[O-])ccc1NC(=O)CSc1nnc(C2CC2)n1CCC(N)=O. The highest BCUT2D eigenvalue weighted by Gasteiger charge is 2.30. The van der Waals surface area contributed by atoms with Crippen molar-refractivity contribution in [1.82, 2.24) is 14.8 Å². The molecule has 0 aliphatic heterocycles. The van der Waals surface area contributed by atoms with E-state index in [1.165, 1.54) is 30.0 Å². The number of carbonyl (C=O) groups is 2. The van der Waals surface area contributed by atoms with Crippen LogP contribution < -0.4 is 11.1 Å². The van der Waals surface area contributed by atoms with Crippen LogP contribution in [0.25, 0.3) is 0 Å². The number of primary amides is 1. The van der Waals surface area contributed by atoms with Gasteiger partial charge in [-0.05, 0) is 31.4 Å². The van der Waals surface area contributed by atoms with Gasteiger partial charge in [-0.3, -0.25) is 19.7 Å². The number of aryl methyl sites for hydroxylation is 1. The number of nitro benzene ring substituents is 1. The molecular weight excluding hydrogens is 384 g/mol. The lowest BCUT2D eigenvalue weighted by Gasteiger charge is -2.10. The quantitative estimate of drug-likeness (QED) is 0.369. The molecule has 1 fully saturated rings. The molecule has 3 rings (SSSR count). The summed E-state index contributed by atoms with van der Waals surface area (Å²) < 4.78 is 1.86. The lowest BCUT2D eigenvalue weighted by atomic mass is 10.2. The van der Waals surface area contributed by atoms with Gasteiger partial charge >= 0.3 is 0 Å². The number of aromatic nitrogens is 3. The van der Waals surface area contributed by atoms with Crippen LogP contribution in [-0.4, -0.2) is 37.3 Å². The van der Waals surface area contributed by atoms with Gasteiger partial charge in [-0.2, -0.15) is 0 Å². The van der Waals surface area contributed by atoms with E-state index in [1.807, 2.05) is 4.57 Å². The zero-order valence-electron chi connectivity index (χ0n) is 15.3. The highest BCUT2D eigenvalue weighted by molar-refractivity contribution is 7.99. The average molecular weight is 404 g/mol. The predicted octanol–water partition coefficient (Wildman–Crippen LogP) is 1.98. The Kier molecular flexibility index (Phi) is 5.93. The number of amides is 2. The molecule has 3 N–H and O–H groups in total. The summed E-state index contributed by atoms with van der Waals surface area (Å²) in [5.41, 5.74) is 6.34. The zero-order valence-corrected chi connectivity index (χ0v) is 16.1. The second-order valence-electron chi connectivity index (χ2n) is 6.58. The summed E-state index contributed by atoms with van der Waals surface area (Å²) in [4.78, 5) is 33.7. The van der Waals surface area contributed by atoms with Gasteiger partial charge in [0.2, 0.25) is 11.8 Å². The lowest BCUT2D eigenvalue weighted by Crippen LogP contribution is -2.17. The Labute approximate surface area is 165 Å². The Morgan fingerprint density at radius 2 is 2.14 bits per heavy atom. The molecule has 0 bridgehead atoms. The minimum absolute atomic E-state index is 0.0277. The van der Waals surface area contributed by atoms with Crippen molar-refractivity contribution < 1.29 is 14.5 Å². The molecule has 1 aliphatic rings. The molecule has 11 heteroatoms. The second-order valence-corrected chi connectivity index (χ2v) is 7.52. The number of hydrogen-bond donors (Lipinski definition) is 2. The van der Waals surface area contributed by atoms with E-state index in [9.17, 15) is 19.7 Å². The first-order valence-corrected chi connectivity index (χ1v) is 9.73. The van der Waals surface area contributed by atoms with Gasteiger partial charge in [0, 0.05) is 36.7 Å². The van der Waals surface area contributed by atoms with E-state index in [-0.39, 0.29) is 23.8 Å². The fraction of sp³-hybridized carbons (Fsp3) is 0.412. The van der Waals surface area contributed by atoms with Crippen LogP contribution in [0.3, 0.4) is 0 Å². The van der Waals surface area contributed by atoms with Gasteiger partial charge in [-0.1, -0.05) is 11.8 Å². The van der Waals surface area contributed by atoms with Gasteiger partial charge in [0.15, 0.2) is 5.16 Å². The number of non-ortho nitro benzene ring substituents is 1. The summed E-state index contributed by atoms with van der Waals surface area (Å²) in [5.74, 6) is 0.606. The van der Waals surface area contributed by atoms with Crippen molar-refractivity contribution >= 4 is 35.0 Å². The summed E-state index contributed by atoms with van der Waals surface area (Å²) in [5, 5.41) is 22.5. The fourth-order valence-electron chi connectivity index (χ4n) is 2.70. The fourth-order valence-corrected chi connectivity index (χ4v) is 3.47. The minimum Gasteiger partial charge on any atom is -0.370 e. The number of anilines is 1. The Balaban J connectivity index is 1.63. The lowest BCUT2D eigenvalue weighted by molar-refractivity contribution is -0.384. The van der Waals surface area contributed by atoms with Gasteiger partial charge in [0.25, 0.3) is 5.69 Å². The van der Waals surface area contributed by atoms with Crippen LogP contribution in [-0.2, 0) is 16.1 Å². The molecule has 0 radical (unpaired) electrons. The Bertz CT molecular complexity index is 924. The standard InChI is InChI=1S/C17H20N6O4S/c1-10-8-12(23(26)27)4-5-13(10)19-15(25)9-28-17-21-20-16(11-2-3-11)22(17)7-6-14(18)24/h4-5,8,11H,2-3,6-7,9H2,1H3,(H2,18,24)(H,19,25). The first kappa shape index (κ1) is 19.8. The molecule has 28 heavy (non-hydrogen) atoms. The van der Waals surface area contributed by atoms with E-state index in [2.05, 4.69) is 15.5 Å². The molecule has 1 aromatic carbocycles. The topological polar surface area (TPSA) is 146 Å². The molecule has 0 unspecified atom stereocenters. The average Bonchev–Trinajstić information content (AvgIpc) is 3.40. The van der Waals surface area contributed by atoms with E-state index in [1.54, 1.807) is 6.92 Å². The van der Waals surface area contributed by atoms with Crippen molar-refractivity contribution in [2.24, 2.45) is 5.73 Å². The van der Waals surface area contributed by atoms with Gasteiger partial charge in [-0.25, -0.2) is 0 Å². The van der Waals surface area contributed by atoms with Gasteiger partial charge in [0.05, 0.1) is 10.7 Å². The molecule has 1 heterocycles. The Hall–Kier alpha value is -2.95. The highest BCUT2D eigenvalue weighted by atomic mass is 32.2. The number of nitrogens with one attached hydrogen (secondary N) is 1. The predicted molar refractivity (Wildman–Crippen MR) is 103 cm³/mol. The molecule has 0 atom stereocenters. The third kappa shape index (κ3) is 4.85. The van der Waals surface area contributed by atoms with E-state index in [0.717, 1.165) is 18.7 Å². The molecule has 10 nitrogen and oxygen atoms in total. The number of rotatable bonds is 9. The maximum absolute atomic E-state index is 12.3. The van der Waals surface area contributed by atoms with Crippen molar-refractivity contribution in [3.63, 3.8) is 0 Å². The molecule has 148 valence electrons. The van der Waals surface area contributed by atoms with Crippen molar-refractivity contribution in [2.45, 2.75) is 43.8 Å². The Morgan fingerprint density at radius 1 is 1.39 bits per heavy atom. The maximum atomic E-state index is 12.3. The van der Waals surface area contributed by atoms with Crippen LogP contribution in [0.5, 0.6) is 0 Å². The maximum Gasteiger partial charge on any atom is 0.269 e. The van der Waals surface area contributed by atoms with Crippen LogP contribution in [0.4, 0.5) is 11.4 Å². The third-order valence-corrected chi connectivity index (χ3v) is 5.26. The number of nitrogens with two attached hydrogens (primary N) is 1. The Morgan fingerprint density at radius 3 is 2.75 bits per heavy atom. The van der Waals surface area contributed by atoms with E-state index >= 15 is 0 Å². The van der Waals surface area contributed by atoms with E-state index < -0.39 is 10.8 Å². The summed E-state index contributed by atoms with van der Waals surface area (Å²) in [6, 6.07) is 4.26. The summed E-state index contributed by atoms with van der Waals surface area (Å²) in [6.07, 6.45) is 2.26. The number of nitro groups is 1. The molecule has 2 aromatic rings. The van der Waals surface area contributed by atoms with Gasteiger partial charge in [-0.15, -0.1) is 10.2 Å². The van der Waals surface area contributed by atoms with Crippen molar-refractivity contribution in [3.8, 4) is 0 Å². The number of hydrogen-bond acceptors (Lipinski definition) is 7. The van der Waals surface area contributed by atoms with E-state index in [0.29, 0.717) is 28.9 Å². The molecule has 1 aliphatic carbocycles. The van der Waals surface area contributed by atoms with Crippen LogP contribution in [0, 0.1) is 17.0 Å². The smallest absolute Gasteiger partial charge is 0.269 e. The summed E-state index contributed by atoms with van der Waals surface area (Å²) >= 11 is 1.22. The first-order valence-electron chi connectivity index (χ1n) is 8.74. The zero-order chi connectivity index (χ0) is 20.3. The van der Waals surface area contributed by atoms with Crippen LogP contribution >= 0.6 is 11.8 Å². The van der Waals surface area contributed by atoms with Crippen molar-refractivity contribution in [1.29, 1.82) is 0 Å². The normalized spacial score (nSPS) is 13.3. The monoisotopic (exact) mass is 404 g/mol. The van der Waals surface area contributed by atoms with Crippen LogP contribution in [0.15, 0.2) is 23.4 Å². The minimum atomic E-state index is -0.481. The summed E-state index contributed by atoms with van der Waals surface area (Å²) in [7, 11) is 0. The second kappa shape index (κ2) is 8.38. The number of benzene rings is 1. The molecule has 0 spiro atoms. The van der Waals surface area contributed by atoms with Crippen LogP contribution in [0.1, 0.15) is 36.6 Å². The van der Waals surface area contributed by atoms with E-state index in [4.69, 9.17) is 5.73 Å². The van der Waals surface area contributed by atoms with Gasteiger partial charge < -0.3 is 15.6 Å². The first-order chi connectivity index (χ1) is 13.3. The van der Waals surface area contributed by atoms with Crippen molar-refractivity contribution in [3.05, 3.63) is 39.7 Å². The molecule has 2 amide bonds. The summed E-state index contributed by atoms with van der Waals surface area (Å²) in [6.45, 7) is 2.08. The molecular formula is C17H20N6O4S. The molecule has 1 saturated carbocycles. The largest absolute Gasteiger partial charge is 0.370 e. The highest BCUT2D eigenvalue weighted by Crippen LogP contribution is 2.40. The third-order valence-electron chi connectivity index (χ3n) is 4.30. The van der Waals surface area contributed by atoms with Crippen LogP contribution in [0.2, 0.25) is 0 Å². The number of thioether (sulfide) groups is 1. The van der Waals surface area contributed by atoms with Gasteiger partial charge in [0.1, 0.15) is 5.82 Å². The number of carbonyl (C=O) groups excluding carboxylic acids is 2. The van der Waals surface area contributed by atoms with Crippen molar-refractivity contribution in [2.75, 3.05) is 11.1 Å². The molecule has 1 aromatic heterocycles.